The second kappa shape index (κ2) is 8.26. The third-order valence-corrected chi connectivity index (χ3v) is 5.18. The Morgan fingerprint density at radius 1 is 1.34 bits per heavy atom. The first-order chi connectivity index (χ1) is 15.3. The zero-order valence-electron chi connectivity index (χ0n) is 17.9. The molecule has 0 radical (unpaired) electrons. The monoisotopic (exact) mass is 434 g/mol. The SMILES string of the molecule is Cc1nc(NC(=O)N2CCC(C)(O)C2=C=O)ccc1Oc1ccnc(-c2cnn(C)c2)c1. The van der Waals surface area contributed by atoms with Gasteiger partial charge in [0.2, 0.25) is 0 Å². The van der Waals surface area contributed by atoms with Gasteiger partial charge in [0.25, 0.3) is 0 Å². The molecule has 10 nitrogen and oxygen atoms in total. The molecule has 32 heavy (non-hydrogen) atoms. The summed E-state index contributed by atoms with van der Waals surface area (Å²) in [6.45, 7) is 3.45. The summed E-state index contributed by atoms with van der Waals surface area (Å²) in [7, 11) is 1.83. The van der Waals surface area contributed by atoms with E-state index in [1.165, 1.54) is 11.8 Å². The highest BCUT2D eigenvalue weighted by molar-refractivity contribution is 5.91. The lowest BCUT2D eigenvalue weighted by Gasteiger charge is -2.20. The largest absolute Gasteiger partial charge is 0.455 e. The van der Waals surface area contributed by atoms with Gasteiger partial charge in [0.05, 0.1) is 17.6 Å². The van der Waals surface area contributed by atoms with Crippen LogP contribution in [0.2, 0.25) is 0 Å². The summed E-state index contributed by atoms with van der Waals surface area (Å²) < 4.78 is 7.66. The van der Waals surface area contributed by atoms with E-state index in [0.717, 1.165) is 11.3 Å². The zero-order chi connectivity index (χ0) is 22.9. The normalized spacial score (nSPS) is 17.9. The van der Waals surface area contributed by atoms with Crippen LogP contribution in [0.3, 0.4) is 0 Å². The lowest BCUT2D eigenvalue weighted by Crippen LogP contribution is -2.35. The Labute approximate surface area is 184 Å². The van der Waals surface area contributed by atoms with Crippen molar-refractivity contribution >= 4 is 17.8 Å². The second-order valence-electron chi connectivity index (χ2n) is 7.72. The molecule has 10 heteroatoms. The number of aromatic nitrogens is 4. The van der Waals surface area contributed by atoms with E-state index < -0.39 is 11.6 Å². The molecule has 0 aliphatic carbocycles. The van der Waals surface area contributed by atoms with Gasteiger partial charge in [-0.1, -0.05) is 0 Å². The van der Waals surface area contributed by atoms with Gasteiger partial charge in [-0.2, -0.15) is 5.10 Å². The molecule has 164 valence electrons. The van der Waals surface area contributed by atoms with Crippen LogP contribution < -0.4 is 10.1 Å². The number of amides is 2. The topological polar surface area (TPSA) is 122 Å². The number of carbonyl (C=O) groups excluding carboxylic acids is 2. The third-order valence-electron chi connectivity index (χ3n) is 5.18. The molecule has 3 aromatic rings. The van der Waals surface area contributed by atoms with E-state index in [1.54, 1.807) is 54.2 Å². The molecule has 0 saturated carbocycles. The third kappa shape index (κ3) is 4.22. The van der Waals surface area contributed by atoms with Crippen molar-refractivity contribution in [3.63, 3.8) is 0 Å². The summed E-state index contributed by atoms with van der Waals surface area (Å²) in [5, 5.41) is 17.0. The number of hydrogen-bond donors (Lipinski definition) is 2. The van der Waals surface area contributed by atoms with Crippen LogP contribution in [0.15, 0.2) is 48.6 Å². The number of aliphatic hydroxyl groups is 1. The van der Waals surface area contributed by atoms with Crippen molar-refractivity contribution in [3.8, 4) is 22.8 Å². The van der Waals surface area contributed by atoms with Crippen molar-refractivity contribution in [2.75, 3.05) is 11.9 Å². The number of nitrogens with one attached hydrogen (secondary N) is 1. The van der Waals surface area contributed by atoms with Gasteiger partial charge in [-0.15, -0.1) is 0 Å². The Bertz CT molecular complexity index is 1230. The quantitative estimate of drug-likeness (QED) is 0.605. The predicted octanol–water partition coefficient (Wildman–Crippen LogP) is 2.68. The molecule has 0 spiro atoms. The van der Waals surface area contributed by atoms with Crippen molar-refractivity contribution in [3.05, 3.63) is 54.2 Å². The lowest BCUT2D eigenvalue weighted by atomic mass is 10.0. The molecule has 0 bridgehead atoms. The summed E-state index contributed by atoms with van der Waals surface area (Å²) in [6.07, 6.45) is 5.50. The molecule has 0 aromatic carbocycles. The van der Waals surface area contributed by atoms with E-state index in [2.05, 4.69) is 20.4 Å². The first-order valence-electron chi connectivity index (χ1n) is 9.94. The average molecular weight is 434 g/mol. The number of nitrogens with zero attached hydrogens (tertiary/aromatic N) is 5. The first-order valence-corrected chi connectivity index (χ1v) is 9.94. The summed E-state index contributed by atoms with van der Waals surface area (Å²) in [6, 6.07) is 6.28. The Balaban J connectivity index is 1.47. The molecule has 1 aliphatic rings. The van der Waals surface area contributed by atoms with Crippen molar-refractivity contribution in [2.45, 2.75) is 25.9 Å². The molecule has 4 heterocycles. The molecule has 3 aromatic heterocycles. The van der Waals surface area contributed by atoms with Crippen molar-refractivity contribution < 1.29 is 19.4 Å². The van der Waals surface area contributed by atoms with E-state index in [9.17, 15) is 14.7 Å². The van der Waals surface area contributed by atoms with Gasteiger partial charge in [0.1, 0.15) is 34.6 Å². The van der Waals surface area contributed by atoms with E-state index in [0.29, 0.717) is 23.0 Å². The molecule has 1 fully saturated rings. The standard InChI is InChI=1S/C22H22N6O4/c1-14-18(32-16-6-8-23-17(10-16)15-11-24-27(3)12-15)4-5-20(25-14)26-21(30)28-9-7-22(2,31)19(28)13-29/h4-6,8,10-12,31H,7,9H2,1-3H3,(H,25,26,30). The number of hydrogen-bond acceptors (Lipinski definition) is 7. The number of aryl methyl sites for hydroxylation is 2. The van der Waals surface area contributed by atoms with Crippen LogP contribution >= 0.6 is 0 Å². The fourth-order valence-corrected chi connectivity index (χ4v) is 3.43. The maximum absolute atomic E-state index is 12.6. The molecule has 1 saturated heterocycles. The Morgan fingerprint density at radius 2 is 2.16 bits per heavy atom. The Hall–Kier alpha value is -4.01. The van der Waals surface area contributed by atoms with Crippen molar-refractivity contribution in [1.29, 1.82) is 0 Å². The Kier molecular flexibility index (Phi) is 5.48. The maximum atomic E-state index is 12.6. The number of anilines is 1. The van der Waals surface area contributed by atoms with Gasteiger partial charge in [-0.3, -0.25) is 19.9 Å². The second-order valence-corrected chi connectivity index (χ2v) is 7.72. The fourth-order valence-electron chi connectivity index (χ4n) is 3.43. The van der Waals surface area contributed by atoms with E-state index >= 15 is 0 Å². The molecular weight excluding hydrogens is 412 g/mol. The predicted molar refractivity (Wildman–Crippen MR) is 116 cm³/mol. The minimum atomic E-state index is -1.38. The van der Waals surface area contributed by atoms with Crippen LogP contribution in [0, 0.1) is 6.92 Å². The van der Waals surface area contributed by atoms with Crippen LogP contribution in [-0.2, 0) is 11.8 Å². The average Bonchev–Trinajstić information content (AvgIpc) is 3.32. The smallest absolute Gasteiger partial charge is 0.327 e. The van der Waals surface area contributed by atoms with Gasteiger partial charge in [0.15, 0.2) is 0 Å². The minimum Gasteiger partial charge on any atom is -0.455 e. The van der Waals surface area contributed by atoms with Gasteiger partial charge in [0, 0.05) is 44.0 Å². The van der Waals surface area contributed by atoms with Crippen LogP contribution in [0.5, 0.6) is 11.5 Å². The lowest BCUT2D eigenvalue weighted by molar-refractivity contribution is 0.105. The number of carbonyl (C=O) groups is 1. The number of ether oxygens (including phenoxy) is 1. The van der Waals surface area contributed by atoms with Crippen LogP contribution in [-0.4, -0.2) is 53.9 Å². The maximum Gasteiger partial charge on any atom is 0.327 e. The van der Waals surface area contributed by atoms with Gasteiger partial charge < -0.3 is 9.84 Å². The van der Waals surface area contributed by atoms with Gasteiger partial charge in [-0.25, -0.2) is 14.6 Å². The van der Waals surface area contributed by atoms with Gasteiger partial charge in [-0.05, 0) is 32.0 Å². The van der Waals surface area contributed by atoms with Crippen LogP contribution in [0.1, 0.15) is 19.0 Å². The number of urea groups is 1. The number of likely N-dealkylation sites (tertiary alicyclic amines) is 1. The number of pyridine rings is 2. The summed E-state index contributed by atoms with van der Waals surface area (Å²) in [5.41, 5.74) is 0.691. The molecule has 2 N–H and O–H groups in total. The molecule has 1 aliphatic heterocycles. The highest BCUT2D eigenvalue weighted by Crippen LogP contribution is 2.31. The molecule has 1 atom stereocenters. The zero-order valence-corrected chi connectivity index (χ0v) is 17.9. The van der Waals surface area contributed by atoms with Crippen molar-refractivity contribution in [1.82, 2.24) is 24.6 Å². The van der Waals surface area contributed by atoms with E-state index in [4.69, 9.17) is 4.74 Å². The first kappa shape index (κ1) is 21.2. The highest BCUT2D eigenvalue weighted by atomic mass is 16.5. The fraction of sp³-hybridized carbons (Fsp3) is 0.273. The van der Waals surface area contributed by atoms with Crippen LogP contribution in [0.4, 0.5) is 10.6 Å². The summed E-state index contributed by atoms with van der Waals surface area (Å²) in [5.74, 6) is 3.06. The molecule has 4 rings (SSSR count). The highest BCUT2D eigenvalue weighted by Gasteiger charge is 2.41. The van der Waals surface area contributed by atoms with E-state index in [1.807, 2.05) is 13.2 Å². The minimum absolute atomic E-state index is 0.0891. The van der Waals surface area contributed by atoms with Crippen molar-refractivity contribution in [2.24, 2.45) is 7.05 Å². The molecule has 2 amide bonds. The van der Waals surface area contributed by atoms with Gasteiger partial charge >= 0.3 is 6.03 Å². The summed E-state index contributed by atoms with van der Waals surface area (Å²) in [4.78, 5) is 33.6. The Morgan fingerprint density at radius 3 is 2.84 bits per heavy atom. The molecular formula is C22H22N6O4. The molecule has 1 unspecified atom stereocenters. The van der Waals surface area contributed by atoms with Crippen LogP contribution in [0.25, 0.3) is 11.3 Å². The van der Waals surface area contributed by atoms with E-state index in [-0.39, 0.29) is 18.7 Å². The summed E-state index contributed by atoms with van der Waals surface area (Å²) >= 11 is 0. The number of rotatable bonds is 4.